The Labute approximate surface area is 79.6 Å². The van der Waals surface area contributed by atoms with Crippen molar-refractivity contribution in [3.05, 3.63) is 16.1 Å². The average Bonchev–Trinajstić information content (AvgIpc) is 2.49. The van der Waals surface area contributed by atoms with E-state index in [9.17, 15) is 10.2 Å². The van der Waals surface area contributed by atoms with Crippen molar-refractivity contribution < 1.29 is 10.2 Å². The van der Waals surface area contributed by atoms with E-state index in [0.717, 1.165) is 4.88 Å². The Morgan fingerprint density at radius 1 is 1.67 bits per heavy atom. The summed E-state index contributed by atoms with van der Waals surface area (Å²) in [5, 5.41) is 19.1. The maximum absolute atomic E-state index is 9.42. The first-order valence-electron chi connectivity index (χ1n) is 3.49. The number of aliphatic hydroxyl groups is 2. The minimum absolute atomic E-state index is 0.0137. The highest BCUT2D eigenvalue weighted by Gasteiger charge is 2.19. The summed E-state index contributed by atoms with van der Waals surface area (Å²) in [5.74, 6) is 0.0137. The fourth-order valence-electron chi connectivity index (χ4n) is 0.758. The topological polar surface area (TPSA) is 53.4 Å². The summed E-state index contributed by atoms with van der Waals surface area (Å²) >= 11 is 6.73. The van der Waals surface area contributed by atoms with E-state index in [0.29, 0.717) is 5.01 Å². The second kappa shape index (κ2) is 4.18. The number of nitrogens with zero attached hydrogens (tertiary/aromatic N) is 1. The van der Waals surface area contributed by atoms with Crippen LogP contribution in [0.5, 0.6) is 0 Å². The summed E-state index contributed by atoms with van der Waals surface area (Å²) in [7, 11) is 0. The van der Waals surface area contributed by atoms with Crippen molar-refractivity contribution >= 4 is 22.9 Å². The van der Waals surface area contributed by atoms with Crippen LogP contribution in [0.1, 0.15) is 16.0 Å². The van der Waals surface area contributed by atoms with Crippen molar-refractivity contribution in [3.8, 4) is 0 Å². The molecule has 0 aromatic carbocycles. The number of aliphatic hydroxyl groups excluding tert-OH is 2. The van der Waals surface area contributed by atoms with Crippen LogP contribution < -0.4 is 0 Å². The number of halogens is 1. The average molecular weight is 208 g/mol. The van der Waals surface area contributed by atoms with Gasteiger partial charge >= 0.3 is 0 Å². The van der Waals surface area contributed by atoms with E-state index in [1.54, 1.807) is 6.20 Å². The summed E-state index contributed by atoms with van der Waals surface area (Å²) in [6.07, 6.45) is -0.233. The molecule has 12 heavy (non-hydrogen) atoms. The smallest absolute Gasteiger partial charge is 0.132 e. The van der Waals surface area contributed by atoms with Gasteiger partial charge in [-0.3, -0.25) is 0 Å². The van der Waals surface area contributed by atoms with Gasteiger partial charge in [0.2, 0.25) is 0 Å². The predicted octanol–water partition coefficient (Wildman–Crippen LogP) is 1.08. The monoisotopic (exact) mass is 207 g/mol. The third-order valence-electron chi connectivity index (χ3n) is 1.41. The van der Waals surface area contributed by atoms with Gasteiger partial charge in [0.25, 0.3) is 0 Å². The molecule has 0 amide bonds. The van der Waals surface area contributed by atoms with E-state index in [1.165, 1.54) is 11.3 Å². The van der Waals surface area contributed by atoms with Gasteiger partial charge in [-0.25, -0.2) is 4.98 Å². The first kappa shape index (κ1) is 9.92. The van der Waals surface area contributed by atoms with Crippen molar-refractivity contribution in [2.24, 2.45) is 0 Å². The lowest BCUT2D eigenvalue weighted by Gasteiger charge is -2.11. The SMILES string of the molecule is Cc1cnc(C(O)C(O)CCl)s1. The molecule has 0 spiro atoms. The third kappa shape index (κ3) is 2.17. The zero-order valence-corrected chi connectivity index (χ0v) is 8.14. The van der Waals surface area contributed by atoms with E-state index in [1.807, 2.05) is 6.92 Å². The molecule has 68 valence electrons. The molecule has 0 radical (unpaired) electrons. The number of aryl methyl sites for hydroxylation is 1. The normalized spacial score (nSPS) is 16.0. The molecule has 0 fully saturated rings. The fourth-order valence-corrected chi connectivity index (χ4v) is 1.75. The van der Waals surface area contributed by atoms with Gasteiger partial charge in [0.1, 0.15) is 11.1 Å². The molecule has 0 aliphatic rings. The number of aromatic nitrogens is 1. The highest BCUT2D eigenvalue weighted by atomic mass is 35.5. The maximum atomic E-state index is 9.42. The summed E-state index contributed by atoms with van der Waals surface area (Å²) in [6.45, 7) is 1.89. The molecule has 0 saturated carbocycles. The number of rotatable bonds is 3. The lowest BCUT2D eigenvalue weighted by atomic mass is 10.2. The van der Waals surface area contributed by atoms with Gasteiger partial charge in [0.15, 0.2) is 0 Å². The van der Waals surface area contributed by atoms with Crippen LogP contribution in [-0.2, 0) is 0 Å². The minimum Gasteiger partial charge on any atom is -0.389 e. The Balaban J connectivity index is 2.70. The van der Waals surface area contributed by atoms with Crippen molar-refractivity contribution in [3.63, 3.8) is 0 Å². The number of alkyl halides is 1. The highest BCUT2D eigenvalue weighted by Crippen LogP contribution is 2.22. The second-order valence-electron chi connectivity index (χ2n) is 2.48. The summed E-state index contributed by atoms with van der Waals surface area (Å²) in [6, 6.07) is 0. The van der Waals surface area contributed by atoms with Crippen molar-refractivity contribution in [2.45, 2.75) is 19.1 Å². The molecule has 2 atom stereocenters. The lowest BCUT2D eigenvalue weighted by Crippen LogP contribution is -2.19. The van der Waals surface area contributed by atoms with Crippen LogP contribution in [0.15, 0.2) is 6.20 Å². The molecule has 2 N–H and O–H groups in total. The van der Waals surface area contributed by atoms with Gasteiger partial charge in [-0.05, 0) is 6.92 Å². The number of hydrogen-bond acceptors (Lipinski definition) is 4. The molecule has 1 aromatic heterocycles. The largest absolute Gasteiger partial charge is 0.389 e. The molecular formula is C7H10ClNO2S. The second-order valence-corrected chi connectivity index (χ2v) is 4.05. The molecule has 0 aliphatic carbocycles. The van der Waals surface area contributed by atoms with E-state index >= 15 is 0 Å². The van der Waals surface area contributed by atoms with Crippen LogP contribution in [0.2, 0.25) is 0 Å². The van der Waals surface area contributed by atoms with Crippen molar-refractivity contribution in [1.29, 1.82) is 0 Å². The molecule has 0 saturated heterocycles. The van der Waals surface area contributed by atoms with Crippen LogP contribution in [-0.4, -0.2) is 27.2 Å². The first-order valence-corrected chi connectivity index (χ1v) is 4.84. The summed E-state index contributed by atoms with van der Waals surface area (Å²) in [4.78, 5) is 4.94. The van der Waals surface area contributed by atoms with E-state index in [-0.39, 0.29) is 5.88 Å². The summed E-state index contributed by atoms with van der Waals surface area (Å²) < 4.78 is 0. The molecule has 1 rings (SSSR count). The lowest BCUT2D eigenvalue weighted by molar-refractivity contribution is 0.0326. The minimum atomic E-state index is -0.957. The molecule has 3 nitrogen and oxygen atoms in total. The van der Waals surface area contributed by atoms with E-state index in [4.69, 9.17) is 11.6 Å². The van der Waals surface area contributed by atoms with Crippen LogP contribution >= 0.6 is 22.9 Å². The molecular weight excluding hydrogens is 198 g/mol. The predicted molar refractivity (Wildman–Crippen MR) is 48.5 cm³/mol. The van der Waals surface area contributed by atoms with Crippen molar-refractivity contribution in [2.75, 3.05) is 5.88 Å². The Morgan fingerprint density at radius 3 is 2.75 bits per heavy atom. The zero-order valence-electron chi connectivity index (χ0n) is 6.57. The van der Waals surface area contributed by atoms with Gasteiger partial charge in [0.05, 0.1) is 12.0 Å². The van der Waals surface area contributed by atoms with Crippen LogP contribution in [0.3, 0.4) is 0 Å². The molecule has 0 bridgehead atoms. The zero-order chi connectivity index (χ0) is 9.14. The molecule has 5 heteroatoms. The maximum Gasteiger partial charge on any atom is 0.132 e. The molecule has 1 heterocycles. The Morgan fingerprint density at radius 2 is 2.33 bits per heavy atom. The molecule has 2 unspecified atom stereocenters. The van der Waals surface area contributed by atoms with E-state index in [2.05, 4.69) is 4.98 Å². The first-order chi connectivity index (χ1) is 5.65. The Kier molecular flexibility index (Phi) is 3.46. The quantitative estimate of drug-likeness (QED) is 0.730. The van der Waals surface area contributed by atoms with Gasteiger partial charge in [-0.1, -0.05) is 0 Å². The Bertz CT molecular complexity index is 253. The Hall–Kier alpha value is -0.160. The van der Waals surface area contributed by atoms with E-state index < -0.39 is 12.2 Å². The molecule has 0 aliphatic heterocycles. The summed E-state index contributed by atoms with van der Waals surface area (Å²) in [5.41, 5.74) is 0. The highest BCUT2D eigenvalue weighted by molar-refractivity contribution is 7.11. The number of hydrogen-bond donors (Lipinski definition) is 2. The van der Waals surface area contributed by atoms with Gasteiger partial charge < -0.3 is 10.2 Å². The molecule has 1 aromatic rings. The van der Waals surface area contributed by atoms with Gasteiger partial charge in [-0.15, -0.1) is 22.9 Å². The van der Waals surface area contributed by atoms with Gasteiger partial charge in [-0.2, -0.15) is 0 Å². The third-order valence-corrected chi connectivity index (χ3v) is 2.71. The number of thiazole rings is 1. The van der Waals surface area contributed by atoms with Crippen molar-refractivity contribution in [1.82, 2.24) is 4.98 Å². The van der Waals surface area contributed by atoms with Gasteiger partial charge in [0, 0.05) is 11.1 Å². The van der Waals surface area contributed by atoms with Crippen LogP contribution in [0.4, 0.5) is 0 Å². The van der Waals surface area contributed by atoms with Crippen LogP contribution in [0, 0.1) is 6.92 Å². The standard InChI is InChI=1S/C7H10ClNO2S/c1-4-3-9-7(12-4)6(11)5(10)2-8/h3,5-6,10-11H,2H2,1H3. The fraction of sp³-hybridized carbons (Fsp3) is 0.571. The van der Waals surface area contributed by atoms with Crippen LogP contribution in [0.25, 0.3) is 0 Å².